The average molecular weight is 151 g/mol. The summed E-state index contributed by atoms with van der Waals surface area (Å²) < 4.78 is 0. The van der Waals surface area contributed by atoms with Crippen LogP contribution in [0.5, 0.6) is 0 Å². The molecule has 0 saturated heterocycles. The van der Waals surface area contributed by atoms with Crippen LogP contribution in [0.2, 0.25) is 0 Å². The van der Waals surface area contributed by atoms with Crippen LogP contribution in [0.15, 0.2) is 30.3 Å². The van der Waals surface area contributed by atoms with E-state index < -0.39 is 0 Å². The molecular formula is C7H8ClNa. The summed E-state index contributed by atoms with van der Waals surface area (Å²) in [7, 11) is 0. The van der Waals surface area contributed by atoms with Gasteiger partial charge in [-0.3, -0.25) is 0 Å². The molecule has 44 valence electrons. The zero-order valence-corrected chi connectivity index (χ0v) is 8.23. The van der Waals surface area contributed by atoms with Crippen LogP contribution in [0.25, 0.3) is 0 Å². The Hall–Kier alpha value is 0.510. The summed E-state index contributed by atoms with van der Waals surface area (Å²) >= 11 is 5.53. The number of hydrogen-bond donors (Lipinski definition) is 0. The van der Waals surface area contributed by atoms with Crippen molar-refractivity contribution in [1.29, 1.82) is 0 Å². The van der Waals surface area contributed by atoms with E-state index in [-0.39, 0.29) is 31.0 Å². The second-order valence-corrected chi connectivity index (χ2v) is 1.89. The standard InChI is InChI=1S/C7H7Cl.Na.H/c8-6-7-4-2-1-3-5-7;;/h1-5H,6H2;;/q;+1;-1. The van der Waals surface area contributed by atoms with Gasteiger partial charge in [0.15, 0.2) is 0 Å². The van der Waals surface area contributed by atoms with Gasteiger partial charge in [-0.2, -0.15) is 0 Å². The second kappa shape index (κ2) is 5.31. The molecule has 0 fully saturated rings. The summed E-state index contributed by atoms with van der Waals surface area (Å²) in [6, 6.07) is 9.96. The molecule has 0 N–H and O–H groups in total. The Morgan fingerprint density at radius 3 is 2.11 bits per heavy atom. The molecule has 0 aliphatic rings. The van der Waals surface area contributed by atoms with Crippen LogP contribution in [-0.2, 0) is 5.88 Å². The summed E-state index contributed by atoms with van der Waals surface area (Å²) in [5.41, 5.74) is 1.18. The molecule has 0 spiro atoms. The van der Waals surface area contributed by atoms with Gasteiger partial charge in [0.25, 0.3) is 0 Å². The molecule has 0 aliphatic heterocycles. The van der Waals surface area contributed by atoms with Crippen LogP contribution in [0, 0.1) is 0 Å². The van der Waals surface area contributed by atoms with Crippen LogP contribution >= 0.6 is 11.6 Å². The Balaban J connectivity index is 0. The molecule has 1 aromatic carbocycles. The van der Waals surface area contributed by atoms with Gasteiger partial charge in [0.05, 0.1) is 0 Å². The van der Waals surface area contributed by atoms with Gasteiger partial charge in [-0.05, 0) is 5.56 Å². The van der Waals surface area contributed by atoms with Crippen molar-refractivity contribution < 1.29 is 31.0 Å². The van der Waals surface area contributed by atoms with Gasteiger partial charge in [-0.1, -0.05) is 30.3 Å². The predicted molar refractivity (Wildman–Crippen MR) is 37.1 cm³/mol. The van der Waals surface area contributed by atoms with E-state index >= 15 is 0 Å². The van der Waals surface area contributed by atoms with Crippen LogP contribution in [0.4, 0.5) is 0 Å². The predicted octanol–water partition coefficient (Wildman–Crippen LogP) is -0.458. The Morgan fingerprint density at radius 2 is 1.78 bits per heavy atom. The first-order valence-electron chi connectivity index (χ1n) is 2.53. The molecule has 0 heterocycles. The Kier molecular flexibility index (Phi) is 5.61. The van der Waals surface area contributed by atoms with E-state index in [0.29, 0.717) is 5.88 Å². The van der Waals surface area contributed by atoms with Gasteiger partial charge >= 0.3 is 29.6 Å². The third-order valence-electron chi connectivity index (χ3n) is 0.997. The zero-order valence-electron chi connectivity index (χ0n) is 6.47. The van der Waals surface area contributed by atoms with Gasteiger partial charge in [0.2, 0.25) is 0 Å². The minimum Gasteiger partial charge on any atom is -1.00 e. The van der Waals surface area contributed by atoms with Crippen LogP contribution < -0.4 is 29.6 Å². The number of halogens is 1. The Bertz CT molecular complexity index is 155. The Labute approximate surface area is 84.0 Å². The quantitative estimate of drug-likeness (QED) is 0.376. The van der Waals surface area contributed by atoms with Crippen molar-refractivity contribution in [3.63, 3.8) is 0 Å². The van der Waals surface area contributed by atoms with Gasteiger partial charge < -0.3 is 1.43 Å². The molecular weight excluding hydrogens is 143 g/mol. The van der Waals surface area contributed by atoms with Crippen molar-refractivity contribution >= 4 is 11.6 Å². The molecule has 0 nitrogen and oxygen atoms in total. The number of rotatable bonds is 1. The molecule has 0 amide bonds. The first kappa shape index (κ1) is 9.51. The molecule has 9 heavy (non-hydrogen) atoms. The fraction of sp³-hybridized carbons (Fsp3) is 0.143. The smallest absolute Gasteiger partial charge is 1.00 e. The molecule has 1 rings (SSSR count). The molecule has 0 bridgehead atoms. The van der Waals surface area contributed by atoms with Crippen LogP contribution in [0.1, 0.15) is 6.99 Å². The molecule has 2 heteroatoms. The van der Waals surface area contributed by atoms with E-state index in [4.69, 9.17) is 11.6 Å². The summed E-state index contributed by atoms with van der Waals surface area (Å²) in [5, 5.41) is 0. The van der Waals surface area contributed by atoms with E-state index in [2.05, 4.69) is 0 Å². The summed E-state index contributed by atoms with van der Waals surface area (Å²) in [6.07, 6.45) is 0. The SMILES string of the molecule is ClCc1ccccc1.[H-].[Na+]. The molecule has 0 aliphatic carbocycles. The molecule has 1 aromatic rings. The summed E-state index contributed by atoms with van der Waals surface area (Å²) in [6.45, 7) is 0. The summed E-state index contributed by atoms with van der Waals surface area (Å²) in [4.78, 5) is 0. The average Bonchev–Trinajstić information content (AvgIpc) is 1.90. The third-order valence-corrected chi connectivity index (χ3v) is 1.31. The number of hydrogen-bond acceptors (Lipinski definition) is 0. The maximum Gasteiger partial charge on any atom is 1.00 e. The first-order valence-corrected chi connectivity index (χ1v) is 3.07. The minimum absolute atomic E-state index is 0. The van der Waals surface area contributed by atoms with E-state index in [9.17, 15) is 0 Å². The van der Waals surface area contributed by atoms with Crippen molar-refractivity contribution in [2.75, 3.05) is 0 Å². The molecule has 0 aromatic heterocycles. The van der Waals surface area contributed by atoms with Crippen LogP contribution in [-0.4, -0.2) is 0 Å². The van der Waals surface area contributed by atoms with Crippen molar-refractivity contribution in [3.8, 4) is 0 Å². The monoisotopic (exact) mass is 150 g/mol. The van der Waals surface area contributed by atoms with Gasteiger partial charge in [0, 0.05) is 5.88 Å². The van der Waals surface area contributed by atoms with Crippen molar-refractivity contribution in [3.05, 3.63) is 35.9 Å². The van der Waals surface area contributed by atoms with E-state index in [1.807, 2.05) is 30.3 Å². The molecule has 0 unspecified atom stereocenters. The van der Waals surface area contributed by atoms with E-state index in [1.165, 1.54) is 5.56 Å². The fourth-order valence-electron chi connectivity index (χ4n) is 0.567. The maximum atomic E-state index is 5.53. The Morgan fingerprint density at radius 1 is 1.22 bits per heavy atom. The van der Waals surface area contributed by atoms with Crippen LogP contribution in [0.3, 0.4) is 0 Å². The van der Waals surface area contributed by atoms with Gasteiger partial charge in [-0.25, -0.2) is 0 Å². The number of benzene rings is 1. The first-order chi connectivity index (χ1) is 3.93. The van der Waals surface area contributed by atoms with Crippen molar-refractivity contribution in [2.45, 2.75) is 5.88 Å². The van der Waals surface area contributed by atoms with Crippen molar-refractivity contribution in [1.82, 2.24) is 0 Å². The van der Waals surface area contributed by atoms with Gasteiger partial charge in [-0.15, -0.1) is 11.6 Å². The second-order valence-electron chi connectivity index (χ2n) is 1.62. The summed E-state index contributed by atoms with van der Waals surface area (Å²) in [5.74, 6) is 0.612. The van der Waals surface area contributed by atoms with Gasteiger partial charge in [0.1, 0.15) is 0 Å². The van der Waals surface area contributed by atoms with E-state index in [0.717, 1.165) is 0 Å². The molecule has 0 atom stereocenters. The maximum absolute atomic E-state index is 5.53. The van der Waals surface area contributed by atoms with Crippen molar-refractivity contribution in [2.24, 2.45) is 0 Å². The molecule has 0 saturated carbocycles. The topological polar surface area (TPSA) is 0 Å². The van der Waals surface area contributed by atoms with E-state index in [1.54, 1.807) is 0 Å². The number of alkyl halides is 1. The largest absolute Gasteiger partial charge is 1.00 e. The minimum atomic E-state index is 0. The fourth-order valence-corrected chi connectivity index (χ4v) is 0.745. The zero-order chi connectivity index (χ0) is 5.82. The molecule has 0 radical (unpaired) electrons. The normalized spacial score (nSPS) is 8.11. The third kappa shape index (κ3) is 3.27.